The van der Waals surface area contributed by atoms with E-state index in [1.807, 2.05) is 0 Å². The predicted molar refractivity (Wildman–Crippen MR) is 57.8 cm³/mol. The van der Waals surface area contributed by atoms with Gasteiger partial charge in [-0.05, 0) is 43.4 Å². The normalized spacial score (nSPS) is 31.4. The topological polar surface area (TPSA) is 12.4 Å². The summed E-state index contributed by atoms with van der Waals surface area (Å²) in [5, 5.41) is 1.35. The lowest BCUT2D eigenvalue weighted by atomic mass is 10.1. The fraction of sp³-hybridized carbons (Fsp3) is 0.500. The number of nitrogens with zero attached hydrogens (tertiary/aromatic N) is 1. The molecule has 1 aliphatic carbocycles. The molecule has 0 aromatic carbocycles. The van der Waals surface area contributed by atoms with Crippen LogP contribution in [-0.2, 0) is 0 Å². The van der Waals surface area contributed by atoms with Crippen LogP contribution in [0.5, 0.6) is 0 Å². The van der Waals surface area contributed by atoms with Gasteiger partial charge in [0, 0.05) is 5.70 Å². The summed E-state index contributed by atoms with van der Waals surface area (Å²) in [6.07, 6.45) is 4.98. The predicted octanol–water partition coefficient (Wildman–Crippen LogP) is 3.35. The summed E-state index contributed by atoms with van der Waals surface area (Å²) in [4.78, 5) is 7.71. The highest BCUT2D eigenvalue weighted by atomic mass is 32.2. The SMILES string of the molecule is CC1=NC(C)=C(C)[SH]1C1=CCC1. The molecule has 66 valence electrons. The average molecular weight is 181 g/mol. The third-order valence-electron chi connectivity index (χ3n) is 2.58. The Balaban J connectivity index is 2.32. The lowest BCUT2D eigenvalue weighted by Gasteiger charge is -2.26. The lowest BCUT2D eigenvalue weighted by Crippen LogP contribution is -2.00. The van der Waals surface area contributed by atoms with Crippen molar-refractivity contribution in [2.24, 2.45) is 4.99 Å². The van der Waals surface area contributed by atoms with Crippen LogP contribution in [0.2, 0.25) is 0 Å². The quantitative estimate of drug-likeness (QED) is 0.596. The van der Waals surface area contributed by atoms with E-state index in [2.05, 4.69) is 31.8 Å². The summed E-state index contributed by atoms with van der Waals surface area (Å²) in [6, 6.07) is 0. The molecule has 2 aliphatic rings. The zero-order chi connectivity index (χ0) is 8.72. The van der Waals surface area contributed by atoms with Gasteiger partial charge in [-0.1, -0.05) is 6.08 Å². The molecule has 0 saturated carbocycles. The van der Waals surface area contributed by atoms with Crippen LogP contribution >= 0.6 is 10.9 Å². The number of thiol groups is 1. The number of hydrogen-bond donors (Lipinski definition) is 1. The molecule has 0 bridgehead atoms. The summed E-state index contributed by atoms with van der Waals surface area (Å²) in [6.45, 7) is 6.53. The van der Waals surface area contributed by atoms with Gasteiger partial charge in [0.1, 0.15) is 0 Å². The molecule has 0 radical (unpaired) electrons. The van der Waals surface area contributed by atoms with E-state index in [1.54, 1.807) is 4.91 Å². The van der Waals surface area contributed by atoms with Crippen LogP contribution in [0.3, 0.4) is 0 Å². The van der Waals surface area contributed by atoms with E-state index in [0.29, 0.717) is 0 Å². The maximum atomic E-state index is 4.54. The molecule has 2 heteroatoms. The van der Waals surface area contributed by atoms with Gasteiger partial charge in [-0.25, -0.2) is 0 Å². The second-order valence-electron chi connectivity index (χ2n) is 3.40. The van der Waals surface area contributed by atoms with Crippen LogP contribution in [0.25, 0.3) is 0 Å². The summed E-state index contributed by atoms with van der Waals surface area (Å²) < 4.78 is 0. The number of allylic oxidation sites excluding steroid dienone is 4. The second-order valence-corrected chi connectivity index (χ2v) is 5.96. The van der Waals surface area contributed by atoms with Crippen LogP contribution in [-0.4, -0.2) is 5.04 Å². The van der Waals surface area contributed by atoms with Crippen molar-refractivity contribution in [1.82, 2.24) is 0 Å². The third-order valence-corrected chi connectivity index (χ3v) is 5.30. The van der Waals surface area contributed by atoms with Gasteiger partial charge >= 0.3 is 0 Å². The first-order valence-corrected chi connectivity index (χ1v) is 5.76. The molecule has 2 rings (SSSR count). The van der Waals surface area contributed by atoms with Crippen molar-refractivity contribution in [1.29, 1.82) is 0 Å². The highest BCUT2D eigenvalue weighted by Gasteiger charge is 2.24. The monoisotopic (exact) mass is 181 g/mol. The minimum absolute atomic E-state index is 0.0907. The van der Waals surface area contributed by atoms with Crippen molar-refractivity contribution in [2.45, 2.75) is 33.6 Å². The highest BCUT2D eigenvalue weighted by molar-refractivity contribution is 8.36. The van der Waals surface area contributed by atoms with E-state index in [9.17, 15) is 0 Å². The van der Waals surface area contributed by atoms with Gasteiger partial charge in [0.05, 0.1) is 5.04 Å². The van der Waals surface area contributed by atoms with E-state index < -0.39 is 0 Å². The van der Waals surface area contributed by atoms with Gasteiger partial charge in [-0.15, -0.1) is 0 Å². The van der Waals surface area contributed by atoms with Crippen molar-refractivity contribution in [3.8, 4) is 0 Å². The molecule has 12 heavy (non-hydrogen) atoms. The molecule has 0 aromatic heterocycles. The van der Waals surface area contributed by atoms with E-state index in [1.165, 1.54) is 28.5 Å². The Morgan fingerprint density at radius 3 is 2.33 bits per heavy atom. The molecule has 0 amide bonds. The Labute approximate surface area is 76.6 Å². The van der Waals surface area contributed by atoms with Crippen molar-refractivity contribution in [2.75, 3.05) is 0 Å². The maximum absolute atomic E-state index is 4.54. The minimum atomic E-state index is -0.0907. The van der Waals surface area contributed by atoms with Crippen LogP contribution in [0, 0.1) is 0 Å². The average Bonchev–Trinajstić information content (AvgIpc) is 2.13. The standard InChI is InChI=1S/C10H15NS/c1-7-8(2)12(9(3)11-7)10-5-4-6-10/h5,12H,4,6H2,1-3H3. The molecule has 0 N–H and O–H groups in total. The van der Waals surface area contributed by atoms with E-state index in [0.717, 1.165) is 0 Å². The van der Waals surface area contributed by atoms with Gasteiger partial charge in [-0.3, -0.25) is 4.99 Å². The molecular formula is C10H15NS. The van der Waals surface area contributed by atoms with Crippen molar-refractivity contribution >= 4 is 15.9 Å². The second kappa shape index (κ2) is 2.77. The Morgan fingerprint density at radius 1 is 1.33 bits per heavy atom. The Bertz CT molecular complexity index is 308. The Hall–Kier alpha value is -0.500. The van der Waals surface area contributed by atoms with Gasteiger partial charge < -0.3 is 0 Å². The molecule has 0 fully saturated rings. The molecule has 0 spiro atoms. The van der Waals surface area contributed by atoms with Gasteiger partial charge in [-0.2, -0.15) is 10.9 Å². The number of rotatable bonds is 1. The van der Waals surface area contributed by atoms with Gasteiger partial charge in [0.25, 0.3) is 0 Å². The van der Waals surface area contributed by atoms with E-state index in [-0.39, 0.29) is 10.9 Å². The van der Waals surface area contributed by atoms with Crippen molar-refractivity contribution in [3.05, 3.63) is 21.6 Å². The van der Waals surface area contributed by atoms with Gasteiger partial charge in [0.2, 0.25) is 0 Å². The molecule has 0 aromatic rings. The Morgan fingerprint density at radius 2 is 2.00 bits per heavy atom. The zero-order valence-corrected chi connectivity index (χ0v) is 8.78. The molecule has 1 aliphatic heterocycles. The first-order valence-electron chi connectivity index (χ1n) is 4.42. The molecule has 1 heterocycles. The molecular weight excluding hydrogens is 166 g/mol. The van der Waals surface area contributed by atoms with Crippen LogP contribution in [0.15, 0.2) is 26.6 Å². The molecule has 0 saturated heterocycles. The van der Waals surface area contributed by atoms with Crippen LogP contribution in [0.4, 0.5) is 0 Å². The summed E-state index contributed by atoms with van der Waals surface area (Å²) in [5.74, 6) is 0. The van der Waals surface area contributed by atoms with Crippen molar-refractivity contribution < 1.29 is 0 Å². The number of hydrogen-bond acceptors (Lipinski definition) is 1. The van der Waals surface area contributed by atoms with E-state index in [4.69, 9.17) is 0 Å². The summed E-state index contributed by atoms with van der Waals surface area (Å²) in [7, 11) is -0.0907. The fourth-order valence-electron chi connectivity index (χ4n) is 1.68. The van der Waals surface area contributed by atoms with E-state index >= 15 is 0 Å². The maximum Gasteiger partial charge on any atom is 0.0583 e. The molecule has 1 unspecified atom stereocenters. The minimum Gasteiger partial charge on any atom is -0.252 e. The zero-order valence-electron chi connectivity index (χ0n) is 7.89. The van der Waals surface area contributed by atoms with Gasteiger partial charge in [0.15, 0.2) is 0 Å². The first kappa shape index (κ1) is 8.11. The Kier molecular flexibility index (Phi) is 1.87. The summed E-state index contributed by atoms with van der Waals surface area (Å²) in [5.41, 5.74) is 1.26. The largest absolute Gasteiger partial charge is 0.252 e. The molecule has 1 atom stereocenters. The highest BCUT2D eigenvalue weighted by Crippen LogP contribution is 2.54. The third kappa shape index (κ3) is 1.06. The summed E-state index contributed by atoms with van der Waals surface area (Å²) >= 11 is 0. The van der Waals surface area contributed by atoms with Crippen molar-refractivity contribution in [3.63, 3.8) is 0 Å². The fourth-order valence-corrected chi connectivity index (χ4v) is 4.30. The van der Waals surface area contributed by atoms with Crippen LogP contribution < -0.4 is 0 Å². The first-order chi connectivity index (χ1) is 5.70. The van der Waals surface area contributed by atoms with Crippen LogP contribution in [0.1, 0.15) is 33.6 Å². The molecule has 1 nitrogen and oxygen atoms in total. The number of aliphatic imine (C=N–C) groups is 1. The smallest absolute Gasteiger partial charge is 0.0583 e. The lowest BCUT2D eigenvalue weighted by molar-refractivity contribution is 0.941.